The summed E-state index contributed by atoms with van der Waals surface area (Å²) in [7, 11) is 0. The molecule has 0 fully saturated rings. The Balaban J connectivity index is 2.21. The van der Waals surface area contributed by atoms with Gasteiger partial charge in [-0.1, -0.05) is 30.3 Å². The number of benzene rings is 2. The van der Waals surface area contributed by atoms with Crippen LogP contribution in [0.25, 0.3) is 10.8 Å². The number of nitrogens with one attached hydrogen (secondary N) is 1. The van der Waals surface area contributed by atoms with Crippen molar-refractivity contribution in [1.29, 1.82) is 0 Å². The maximum atomic E-state index is 12.4. The van der Waals surface area contributed by atoms with Crippen LogP contribution >= 0.6 is 0 Å². The molecule has 3 rings (SSSR count). The third kappa shape index (κ3) is 2.93. The number of nitrogens with zero attached hydrogens (tertiary/aromatic N) is 1. The van der Waals surface area contributed by atoms with Crippen LogP contribution in [0.4, 0.5) is 5.69 Å². The highest BCUT2D eigenvalue weighted by atomic mass is 16.5. The van der Waals surface area contributed by atoms with E-state index < -0.39 is 6.04 Å². The third-order valence-corrected chi connectivity index (χ3v) is 3.74. The van der Waals surface area contributed by atoms with Crippen molar-refractivity contribution in [2.75, 3.05) is 11.9 Å². The van der Waals surface area contributed by atoms with Crippen molar-refractivity contribution in [2.45, 2.75) is 39.3 Å². The number of esters is 1. The largest absolute Gasteiger partial charge is 0.464 e. The average molecular weight is 310 g/mol. The summed E-state index contributed by atoms with van der Waals surface area (Å²) >= 11 is 0. The molecule has 1 heterocycles. The van der Waals surface area contributed by atoms with Gasteiger partial charge in [-0.2, -0.15) is 0 Å². The second-order valence-electron chi connectivity index (χ2n) is 6.71. The van der Waals surface area contributed by atoms with E-state index in [-0.39, 0.29) is 11.5 Å². The van der Waals surface area contributed by atoms with E-state index in [2.05, 4.69) is 23.5 Å². The molecular weight excluding hydrogens is 288 g/mol. The molecular formula is C19H22N2O2. The molecule has 120 valence electrons. The van der Waals surface area contributed by atoms with Crippen molar-refractivity contribution < 1.29 is 9.53 Å². The first-order chi connectivity index (χ1) is 10.9. The second kappa shape index (κ2) is 5.69. The number of aliphatic imine (C=N–C) groups is 1. The van der Waals surface area contributed by atoms with Crippen molar-refractivity contribution in [1.82, 2.24) is 0 Å². The molecule has 4 nitrogen and oxygen atoms in total. The van der Waals surface area contributed by atoms with Gasteiger partial charge in [0.2, 0.25) is 0 Å². The highest BCUT2D eigenvalue weighted by molar-refractivity contribution is 6.28. The zero-order valence-electron chi connectivity index (χ0n) is 14.0. The van der Waals surface area contributed by atoms with Crippen LogP contribution < -0.4 is 5.32 Å². The lowest BCUT2D eigenvalue weighted by atomic mass is 9.98. The quantitative estimate of drug-likeness (QED) is 0.859. The van der Waals surface area contributed by atoms with Gasteiger partial charge >= 0.3 is 5.97 Å². The fraction of sp³-hybridized carbons (Fsp3) is 0.368. The predicted octanol–water partition coefficient (Wildman–Crippen LogP) is 3.78. The number of hydrogen-bond acceptors (Lipinski definition) is 4. The first-order valence-electron chi connectivity index (χ1n) is 7.96. The van der Waals surface area contributed by atoms with Gasteiger partial charge < -0.3 is 10.1 Å². The molecule has 0 amide bonds. The highest BCUT2D eigenvalue weighted by Gasteiger charge is 2.36. The minimum Gasteiger partial charge on any atom is -0.464 e. The summed E-state index contributed by atoms with van der Waals surface area (Å²) < 4.78 is 5.23. The van der Waals surface area contributed by atoms with Crippen molar-refractivity contribution in [3.8, 4) is 0 Å². The van der Waals surface area contributed by atoms with Crippen LogP contribution in [0.3, 0.4) is 0 Å². The lowest BCUT2D eigenvalue weighted by molar-refractivity contribution is -0.142. The summed E-state index contributed by atoms with van der Waals surface area (Å²) in [5, 5.41) is 5.52. The molecule has 0 radical (unpaired) electrons. The monoisotopic (exact) mass is 310 g/mol. The third-order valence-electron chi connectivity index (χ3n) is 3.74. The van der Waals surface area contributed by atoms with Gasteiger partial charge in [0.25, 0.3) is 0 Å². The standard InChI is InChI=1S/C19H22N2O2/c1-5-23-18(22)17-16(21-19(2,3)4)15-13-9-7-6-8-12(13)10-11-14(15)20-17/h6-11,17,20H,5H2,1-4H3. The predicted molar refractivity (Wildman–Crippen MR) is 94.3 cm³/mol. The highest BCUT2D eigenvalue weighted by Crippen LogP contribution is 2.34. The Bertz CT molecular complexity index is 788. The molecule has 2 aromatic rings. The van der Waals surface area contributed by atoms with Crippen molar-refractivity contribution >= 4 is 28.1 Å². The van der Waals surface area contributed by atoms with Crippen LogP contribution in [0.2, 0.25) is 0 Å². The zero-order chi connectivity index (χ0) is 16.6. The molecule has 0 spiro atoms. The molecule has 0 aliphatic carbocycles. The Kier molecular flexibility index (Phi) is 3.84. The number of rotatable bonds is 2. The fourth-order valence-electron chi connectivity index (χ4n) is 2.91. The number of carbonyl (C=O) groups is 1. The number of carbonyl (C=O) groups excluding carboxylic acids is 1. The van der Waals surface area contributed by atoms with E-state index in [1.807, 2.05) is 45.9 Å². The topological polar surface area (TPSA) is 50.7 Å². The molecule has 1 N–H and O–H groups in total. The normalized spacial score (nSPS) is 18.8. The molecule has 0 saturated heterocycles. The fourth-order valence-corrected chi connectivity index (χ4v) is 2.91. The zero-order valence-corrected chi connectivity index (χ0v) is 14.0. The first kappa shape index (κ1) is 15.5. The number of ether oxygens (including phenoxy) is 1. The van der Waals surface area contributed by atoms with Crippen LogP contribution in [0, 0.1) is 0 Å². The second-order valence-corrected chi connectivity index (χ2v) is 6.71. The number of fused-ring (bicyclic) bond motifs is 3. The Hall–Kier alpha value is -2.36. The van der Waals surface area contributed by atoms with Gasteiger partial charge in [0.05, 0.1) is 17.9 Å². The summed E-state index contributed by atoms with van der Waals surface area (Å²) in [6.07, 6.45) is 0. The summed E-state index contributed by atoms with van der Waals surface area (Å²) in [5.74, 6) is -0.282. The van der Waals surface area contributed by atoms with Crippen LogP contribution in [-0.4, -0.2) is 29.9 Å². The first-order valence-corrected chi connectivity index (χ1v) is 7.96. The van der Waals surface area contributed by atoms with Gasteiger partial charge in [0.1, 0.15) is 0 Å². The molecule has 1 aliphatic heterocycles. The molecule has 2 aromatic carbocycles. The summed E-state index contributed by atoms with van der Waals surface area (Å²) in [5.41, 5.74) is 2.43. The molecule has 0 bridgehead atoms. The van der Waals surface area contributed by atoms with Crippen molar-refractivity contribution in [3.05, 3.63) is 42.0 Å². The maximum Gasteiger partial charge on any atom is 0.334 e. The van der Waals surface area contributed by atoms with E-state index in [1.165, 1.54) is 0 Å². The molecule has 0 saturated carbocycles. The molecule has 1 unspecified atom stereocenters. The lowest BCUT2D eigenvalue weighted by Gasteiger charge is -2.18. The van der Waals surface area contributed by atoms with E-state index in [9.17, 15) is 4.79 Å². The molecule has 1 atom stereocenters. The number of hydrogen-bond donors (Lipinski definition) is 1. The summed E-state index contributed by atoms with van der Waals surface area (Å²) in [6.45, 7) is 8.27. The van der Waals surface area contributed by atoms with Gasteiger partial charge in [-0.05, 0) is 44.5 Å². The number of anilines is 1. The van der Waals surface area contributed by atoms with Crippen LogP contribution in [-0.2, 0) is 9.53 Å². The Labute approximate surface area is 136 Å². The van der Waals surface area contributed by atoms with E-state index >= 15 is 0 Å². The van der Waals surface area contributed by atoms with Crippen molar-refractivity contribution in [3.63, 3.8) is 0 Å². The van der Waals surface area contributed by atoms with E-state index in [1.54, 1.807) is 0 Å². The van der Waals surface area contributed by atoms with Crippen molar-refractivity contribution in [2.24, 2.45) is 4.99 Å². The minimum atomic E-state index is -0.546. The summed E-state index contributed by atoms with van der Waals surface area (Å²) in [4.78, 5) is 17.2. The Morgan fingerprint density at radius 2 is 1.96 bits per heavy atom. The smallest absolute Gasteiger partial charge is 0.334 e. The summed E-state index contributed by atoms with van der Waals surface area (Å²) in [6, 6.07) is 11.7. The average Bonchev–Trinajstić information content (AvgIpc) is 2.85. The van der Waals surface area contributed by atoms with Crippen LogP contribution in [0.1, 0.15) is 33.3 Å². The Morgan fingerprint density at radius 1 is 1.22 bits per heavy atom. The van der Waals surface area contributed by atoms with E-state index in [4.69, 9.17) is 9.73 Å². The maximum absolute atomic E-state index is 12.4. The van der Waals surface area contributed by atoms with E-state index in [0.29, 0.717) is 6.61 Å². The molecule has 1 aliphatic rings. The Morgan fingerprint density at radius 3 is 2.65 bits per heavy atom. The van der Waals surface area contributed by atoms with Crippen LogP contribution in [0.5, 0.6) is 0 Å². The minimum absolute atomic E-state index is 0.277. The molecule has 23 heavy (non-hydrogen) atoms. The van der Waals surface area contributed by atoms with Gasteiger partial charge in [-0.3, -0.25) is 4.99 Å². The van der Waals surface area contributed by atoms with E-state index in [0.717, 1.165) is 27.7 Å². The van der Waals surface area contributed by atoms with Gasteiger partial charge in [0.15, 0.2) is 6.04 Å². The van der Waals surface area contributed by atoms with Gasteiger partial charge in [-0.25, -0.2) is 4.79 Å². The molecule has 0 aromatic heterocycles. The SMILES string of the molecule is CCOC(=O)C1Nc2ccc3ccccc3c2C1=NC(C)(C)C. The van der Waals surface area contributed by atoms with Gasteiger partial charge in [0, 0.05) is 11.3 Å². The van der Waals surface area contributed by atoms with Crippen LogP contribution in [0.15, 0.2) is 41.4 Å². The van der Waals surface area contributed by atoms with Gasteiger partial charge in [-0.15, -0.1) is 0 Å². The molecule has 4 heteroatoms. The lowest BCUT2D eigenvalue weighted by Crippen LogP contribution is -2.36.